The summed E-state index contributed by atoms with van der Waals surface area (Å²) in [5, 5.41) is 10.1. The van der Waals surface area contributed by atoms with Gasteiger partial charge in [-0.25, -0.2) is 9.37 Å². The molecule has 0 atom stereocenters. The fraction of sp³-hybridized carbons (Fsp3) is 0.148. The quantitative estimate of drug-likeness (QED) is 0.460. The van der Waals surface area contributed by atoms with Gasteiger partial charge in [-0.1, -0.05) is 36.4 Å². The van der Waals surface area contributed by atoms with Crippen LogP contribution in [0.3, 0.4) is 0 Å². The van der Waals surface area contributed by atoms with Crippen LogP contribution < -0.4 is 4.90 Å². The molecule has 0 bridgehead atoms. The van der Waals surface area contributed by atoms with Crippen molar-refractivity contribution >= 4 is 22.6 Å². The van der Waals surface area contributed by atoms with E-state index in [1.807, 2.05) is 29.2 Å². The topological polar surface area (TPSA) is 60.2 Å². The first kappa shape index (κ1) is 20.7. The van der Waals surface area contributed by atoms with Gasteiger partial charge in [0.25, 0.3) is 5.91 Å². The van der Waals surface area contributed by atoms with Gasteiger partial charge in [0, 0.05) is 42.7 Å². The van der Waals surface area contributed by atoms with Gasteiger partial charge in [-0.2, -0.15) is 5.26 Å². The lowest BCUT2D eigenvalue weighted by Gasteiger charge is -2.35. The standard InChI is InChI=1S/C27H21FN4O/c28-23-10-7-20(8-11-23)24-6-2-4-21-9-12-25(30-26(21)24)31-13-15-32(16-14-31)27(33)22-5-1-3-19(17-22)18-29/h1-12,17H,13-16H2. The molecule has 1 fully saturated rings. The summed E-state index contributed by atoms with van der Waals surface area (Å²) in [5.74, 6) is 0.534. The number of benzene rings is 3. The summed E-state index contributed by atoms with van der Waals surface area (Å²) in [4.78, 5) is 21.8. The second kappa shape index (κ2) is 8.71. The average Bonchev–Trinajstić information content (AvgIpc) is 2.88. The van der Waals surface area contributed by atoms with Crippen molar-refractivity contribution in [3.05, 3.63) is 95.8 Å². The van der Waals surface area contributed by atoms with Gasteiger partial charge in [-0.15, -0.1) is 0 Å². The van der Waals surface area contributed by atoms with Crippen molar-refractivity contribution in [3.63, 3.8) is 0 Å². The number of carbonyl (C=O) groups excluding carboxylic acids is 1. The summed E-state index contributed by atoms with van der Waals surface area (Å²) >= 11 is 0. The van der Waals surface area contributed by atoms with Crippen LogP contribution in [0, 0.1) is 17.1 Å². The summed E-state index contributed by atoms with van der Waals surface area (Å²) in [6.07, 6.45) is 0. The molecule has 0 N–H and O–H groups in total. The predicted molar refractivity (Wildman–Crippen MR) is 126 cm³/mol. The Kier molecular flexibility index (Phi) is 5.45. The molecule has 0 aliphatic carbocycles. The molecule has 0 unspecified atom stereocenters. The monoisotopic (exact) mass is 436 g/mol. The van der Waals surface area contributed by atoms with E-state index in [0.717, 1.165) is 27.8 Å². The number of para-hydroxylation sites is 1. The van der Waals surface area contributed by atoms with Crippen LogP contribution in [0.5, 0.6) is 0 Å². The van der Waals surface area contributed by atoms with E-state index in [4.69, 9.17) is 10.2 Å². The van der Waals surface area contributed by atoms with Gasteiger partial charge in [0.05, 0.1) is 17.1 Å². The minimum absolute atomic E-state index is 0.0585. The Morgan fingerprint density at radius 3 is 2.42 bits per heavy atom. The molecule has 33 heavy (non-hydrogen) atoms. The smallest absolute Gasteiger partial charge is 0.254 e. The number of nitrogens with zero attached hydrogens (tertiary/aromatic N) is 4. The van der Waals surface area contributed by atoms with Crippen molar-refractivity contribution in [2.75, 3.05) is 31.1 Å². The summed E-state index contributed by atoms with van der Waals surface area (Å²) in [7, 11) is 0. The number of amides is 1. The number of aromatic nitrogens is 1. The van der Waals surface area contributed by atoms with E-state index in [9.17, 15) is 9.18 Å². The molecule has 0 radical (unpaired) electrons. The lowest BCUT2D eigenvalue weighted by atomic mass is 10.0. The molecule has 1 saturated heterocycles. The Labute approximate surface area is 191 Å². The number of pyridine rings is 1. The van der Waals surface area contributed by atoms with Crippen LogP contribution in [0.15, 0.2) is 78.9 Å². The van der Waals surface area contributed by atoms with E-state index in [2.05, 4.69) is 17.0 Å². The van der Waals surface area contributed by atoms with E-state index in [1.54, 1.807) is 36.4 Å². The van der Waals surface area contributed by atoms with Crippen LogP contribution in [0.4, 0.5) is 10.2 Å². The average molecular weight is 436 g/mol. The molecule has 0 spiro atoms. The number of hydrogen-bond donors (Lipinski definition) is 0. The molecule has 5 rings (SSSR count). The predicted octanol–water partition coefficient (Wildman–Crippen LogP) is 4.87. The second-order valence-electron chi connectivity index (χ2n) is 8.03. The fourth-order valence-electron chi connectivity index (χ4n) is 4.22. The van der Waals surface area contributed by atoms with Crippen molar-refractivity contribution in [2.45, 2.75) is 0 Å². The van der Waals surface area contributed by atoms with Crippen molar-refractivity contribution in [3.8, 4) is 17.2 Å². The molecule has 1 aliphatic heterocycles. The summed E-state index contributed by atoms with van der Waals surface area (Å²) in [5.41, 5.74) is 3.77. The first-order valence-corrected chi connectivity index (χ1v) is 10.8. The third kappa shape index (κ3) is 4.13. The van der Waals surface area contributed by atoms with Crippen LogP contribution in [0.2, 0.25) is 0 Å². The number of hydrogen-bond acceptors (Lipinski definition) is 4. The maximum absolute atomic E-state index is 13.4. The highest BCUT2D eigenvalue weighted by molar-refractivity contribution is 5.95. The Bertz CT molecular complexity index is 1370. The highest BCUT2D eigenvalue weighted by Gasteiger charge is 2.23. The van der Waals surface area contributed by atoms with Gasteiger partial charge in [-0.05, 0) is 48.0 Å². The van der Waals surface area contributed by atoms with Crippen LogP contribution in [0.1, 0.15) is 15.9 Å². The minimum Gasteiger partial charge on any atom is -0.353 e. The molecule has 0 saturated carbocycles. The van der Waals surface area contributed by atoms with Gasteiger partial charge in [0.1, 0.15) is 11.6 Å². The first-order chi connectivity index (χ1) is 16.1. The third-order valence-corrected chi connectivity index (χ3v) is 5.99. The number of carbonyl (C=O) groups is 1. The highest BCUT2D eigenvalue weighted by Crippen LogP contribution is 2.29. The number of fused-ring (bicyclic) bond motifs is 1. The lowest BCUT2D eigenvalue weighted by molar-refractivity contribution is 0.0746. The van der Waals surface area contributed by atoms with Gasteiger partial charge < -0.3 is 9.80 Å². The molecule has 3 aromatic carbocycles. The van der Waals surface area contributed by atoms with E-state index in [0.29, 0.717) is 37.3 Å². The number of rotatable bonds is 3. The van der Waals surface area contributed by atoms with E-state index in [1.165, 1.54) is 12.1 Å². The Morgan fingerprint density at radius 2 is 1.67 bits per heavy atom. The summed E-state index contributed by atoms with van der Waals surface area (Å²) in [6.45, 7) is 2.49. The Morgan fingerprint density at radius 1 is 0.909 bits per heavy atom. The fourth-order valence-corrected chi connectivity index (χ4v) is 4.22. The summed E-state index contributed by atoms with van der Waals surface area (Å²) in [6, 6.07) is 25.4. The minimum atomic E-state index is -0.264. The molecule has 6 heteroatoms. The molecule has 2 heterocycles. The zero-order valence-corrected chi connectivity index (χ0v) is 17.9. The number of piperazine rings is 1. The third-order valence-electron chi connectivity index (χ3n) is 5.99. The Hall–Kier alpha value is -4.24. The maximum Gasteiger partial charge on any atom is 0.254 e. The molecule has 1 amide bonds. The molecule has 4 aromatic rings. The molecule has 1 aliphatic rings. The zero-order chi connectivity index (χ0) is 22.8. The molecular weight excluding hydrogens is 415 g/mol. The van der Waals surface area contributed by atoms with Crippen LogP contribution >= 0.6 is 0 Å². The zero-order valence-electron chi connectivity index (χ0n) is 17.9. The SMILES string of the molecule is N#Cc1cccc(C(=O)N2CCN(c3ccc4cccc(-c5ccc(F)cc5)c4n3)CC2)c1. The lowest BCUT2D eigenvalue weighted by Crippen LogP contribution is -2.49. The van der Waals surface area contributed by atoms with Crippen LogP contribution in [-0.4, -0.2) is 42.0 Å². The van der Waals surface area contributed by atoms with Gasteiger partial charge >= 0.3 is 0 Å². The second-order valence-corrected chi connectivity index (χ2v) is 8.03. The summed E-state index contributed by atoms with van der Waals surface area (Å²) < 4.78 is 13.4. The van der Waals surface area contributed by atoms with Crippen LogP contribution in [0.25, 0.3) is 22.0 Å². The maximum atomic E-state index is 13.4. The number of nitriles is 1. The van der Waals surface area contributed by atoms with Gasteiger partial charge in [-0.3, -0.25) is 4.79 Å². The van der Waals surface area contributed by atoms with E-state index >= 15 is 0 Å². The molecule has 1 aromatic heterocycles. The largest absolute Gasteiger partial charge is 0.353 e. The number of anilines is 1. The van der Waals surface area contributed by atoms with Crippen molar-refractivity contribution in [1.29, 1.82) is 5.26 Å². The normalized spacial score (nSPS) is 13.7. The van der Waals surface area contributed by atoms with Crippen molar-refractivity contribution < 1.29 is 9.18 Å². The number of halogens is 1. The Balaban J connectivity index is 1.36. The molecule has 5 nitrogen and oxygen atoms in total. The molecular formula is C27H21FN4O. The van der Waals surface area contributed by atoms with E-state index < -0.39 is 0 Å². The molecule has 162 valence electrons. The van der Waals surface area contributed by atoms with Gasteiger partial charge in [0.15, 0.2) is 0 Å². The highest BCUT2D eigenvalue weighted by atomic mass is 19.1. The van der Waals surface area contributed by atoms with Crippen molar-refractivity contribution in [2.24, 2.45) is 0 Å². The van der Waals surface area contributed by atoms with Crippen LogP contribution in [-0.2, 0) is 0 Å². The van der Waals surface area contributed by atoms with Crippen molar-refractivity contribution in [1.82, 2.24) is 9.88 Å². The van der Waals surface area contributed by atoms with E-state index in [-0.39, 0.29) is 11.7 Å². The van der Waals surface area contributed by atoms with Gasteiger partial charge in [0.2, 0.25) is 0 Å². The first-order valence-electron chi connectivity index (χ1n) is 10.8.